The van der Waals surface area contributed by atoms with Crippen LogP contribution in [0.15, 0.2) is 42.5 Å². The highest BCUT2D eigenvalue weighted by atomic mass is 19.1. The third-order valence-corrected chi connectivity index (χ3v) is 6.24. The number of amides is 1. The first-order chi connectivity index (χ1) is 13.2. The maximum atomic E-state index is 13.7. The van der Waals surface area contributed by atoms with Crippen molar-refractivity contribution in [3.63, 3.8) is 0 Å². The highest BCUT2D eigenvalue weighted by Gasteiger charge is 2.48. The Labute approximate surface area is 158 Å². The Kier molecular flexibility index (Phi) is 3.93. The van der Waals surface area contributed by atoms with Crippen molar-refractivity contribution in [1.82, 2.24) is 4.90 Å². The van der Waals surface area contributed by atoms with Gasteiger partial charge in [-0.2, -0.15) is 0 Å². The van der Waals surface area contributed by atoms with Gasteiger partial charge in [0.2, 0.25) is 5.91 Å². The third kappa shape index (κ3) is 2.81. The number of anilines is 1. The maximum absolute atomic E-state index is 13.7. The first kappa shape index (κ1) is 16.8. The number of likely N-dealkylation sites (tertiary alicyclic amines) is 1. The summed E-state index contributed by atoms with van der Waals surface area (Å²) >= 11 is 0. The molecule has 0 bridgehead atoms. The zero-order chi connectivity index (χ0) is 18.5. The van der Waals surface area contributed by atoms with Crippen LogP contribution < -0.4 is 5.32 Å². The van der Waals surface area contributed by atoms with Crippen LogP contribution in [0.25, 0.3) is 11.1 Å². The van der Waals surface area contributed by atoms with Crippen LogP contribution in [0.4, 0.5) is 10.1 Å². The van der Waals surface area contributed by atoms with Crippen molar-refractivity contribution in [2.45, 2.75) is 31.3 Å². The molecule has 0 spiro atoms. The SMILES string of the molecule is O=C(C1CC1)N1CC[C@@H]2[C@@H](CO)Nc3ccc(-c4cccc(F)c4)cc3[C@@H]21. The summed E-state index contributed by atoms with van der Waals surface area (Å²) in [6.07, 6.45) is 2.88. The van der Waals surface area contributed by atoms with Crippen LogP contribution in [-0.2, 0) is 4.79 Å². The predicted molar refractivity (Wildman–Crippen MR) is 102 cm³/mol. The Morgan fingerprint density at radius 2 is 1.96 bits per heavy atom. The van der Waals surface area contributed by atoms with E-state index in [9.17, 15) is 14.3 Å². The number of nitrogens with one attached hydrogen (secondary N) is 1. The van der Waals surface area contributed by atoms with Gasteiger partial charge in [0.25, 0.3) is 0 Å². The van der Waals surface area contributed by atoms with Crippen molar-refractivity contribution in [1.29, 1.82) is 0 Å². The second-order valence-corrected chi connectivity index (χ2v) is 7.95. The molecule has 2 fully saturated rings. The van der Waals surface area contributed by atoms with E-state index in [2.05, 4.69) is 11.4 Å². The highest BCUT2D eigenvalue weighted by molar-refractivity contribution is 5.83. The minimum absolute atomic E-state index is 0.0139. The van der Waals surface area contributed by atoms with Gasteiger partial charge in [0, 0.05) is 24.1 Å². The minimum atomic E-state index is -0.257. The molecule has 5 rings (SSSR count). The van der Waals surface area contributed by atoms with Crippen LogP contribution in [0, 0.1) is 17.7 Å². The molecule has 1 aliphatic carbocycles. The summed E-state index contributed by atoms with van der Waals surface area (Å²) in [5, 5.41) is 13.3. The Balaban J connectivity index is 1.58. The molecular weight excluding hydrogens is 343 g/mol. The zero-order valence-corrected chi connectivity index (χ0v) is 15.1. The van der Waals surface area contributed by atoms with Gasteiger partial charge in [-0.25, -0.2) is 4.39 Å². The van der Waals surface area contributed by atoms with Crippen LogP contribution in [0.5, 0.6) is 0 Å². The van der Waals surface area contributed by atoms with Crippen LogP contribution in [0.2, 0.25) is 0 Å². The molecule has 2 aromatic rings. The summed E-state index contributed by atoms with van der Waals surface area (Å²) in [7, 11) is 0. The molecule has 3 aliphatic rings. The average molecular weight is 366 g/mol. The number of carbonyl (C=O) groups excluding carboxylic acids is 1. The minimum Gasteiger partial charge on any atom is -0.394 e. The molecule has 140 valence electrons. The summed E-state index contributed by atoms with van der Waals surface area (Å²) in [5.41, 5.74) is 3.82. The predicted octanol–water partition coefficient (Wildman–Crippen LogP) is 3.58. The number of nitrogens with zero attached hydrogens (tertiary/aromatic N) is 1. The quantitative estimate of drug-likeness (QED) is 0.873. The molecule has 1 amide bonds. The monoisotopic (exact) mass is 366 g/mol. The number of hydrogen-bond acceptors (Lipinski definition) is 3. The van der Waals surface area contributed by atoms with E-state index in [-0.39, 0.29) is 42.3 Å². The Bertz CT molecular complexity index is 896. The number of benzene rings is 2. The van der Waals surface area contributed by atoms with Gasteiger partial charge in [-0.3, -0.25) is 4.79 Å². The second kappa shape index (κ2) is 6.34. The van der Waals surface area contributed by atoms with Gasteiger partial charge < -0.3 is 15.3 Å². The van der Waals surface area contributed by atoms with Crippen LogP contribution in [0.3, 0.4) is 0 Å². The van der Waals surface area contributed by atoms with Crippen molar-refractivity contribution < 1.29 is 14.3 Å². The van der Waals surface area contributed by atoms with E-state index in [0.29, 0.717) is 0 Å². The molecule has 0 radical (unpaired) electrons. The van der Waals surface area contributed by atoms with E-state index >= 15 is 0 Å². The zero-order valence-electron chi connectivity index (χ0n) is 15.1. The number of halogens is 1. The van der Waals surface area contributed by atoms with Crippen molar-refractivity contribution in [2.75, 3.05) is 18.5 Å². The molecule has 27 heavy (non-hydrogen) atoms. The van der Waals surface area contributed by atoms with E-state index in [1.165, 1.54) is 12.1 Å². The summed E-state index contributed by atoms with van der Waals surface area (Å²) in [4.78, 5) is 14.9. The Morgan fingerprint density at radius 3 is 2.70 bits per heavy atom. The fraction of sp³-hybridized carbons (Fsp3) is 0.409. The van der Waals surface area contributed by atoms with Gasteiger partial charge in [-0.05, 0) is 60.2 Å². The van der Waals surface area contributed by atoms with Crippen molar-refractivity contribution in [3.8, 4) is 11.1 Å². The molecule has 3 atom stereocenters. The lowest BCUT2D eigenvalue weighted by molar-refractivity contribution is -0.134. The standard InChI is InChI=1S/C22H23FN2O2/c23-16-3-1-2-14(10-16)15-6-7-19-18(11-15)21-17(20(12-26)24-19)8-9-25(21)22(27)13-4-5-13/h1-3,6-7,10-11,13,17,20-21,24,26H,4-5,8-9,12H2/t17-,20-,21-/m1/s1. The summed E-state index contributed by atoms with van der Waals surface area (Å²) < 4.78 is 13.7. The normalized spacial score (nSPS) is 26.3. The van der Waals surface area contributed by atoms with Gasteiger partial charge in [0.05, 0.1) is 18.7 Å². The van der Waals surface area contributed by atoms with E-state index in [4.69, 9.17) is 0 Å². The van der Waals surface area contributed by atoms with Crippen LogP contribution in [0.1, 0.15) is 30.9 Å². The van der Waals surface area contributed by atoms with Crippen LogP contribution >= 0.6 is 0 Å². The number of aliphatic hydroxyl groups is 1. The lowest BCUT2D eigenvalue weighted by Crippen LogP contribution is -2.43. The van der Waals surface area contributed by atoms with E-state index < -0.39 is 0 Å². The number of fused-ring (bicyclic) bond motifs is 3. The number of carbonyl (C=O) groups is 1. The molecule has 1 saturated carbocycles. The molecule has 4 nitrogen and oxygen atoms in total. The first-order valence-corrected chi connectivity index (χ1v) is 9.73. The van der Waals surface area contributed by atoms with Gasteiger partial charge in [0.15, 0.2) is 0 Å². The first-order valence-electron chi connectivity index (χ1n) is 9.73. The molecular formula is C22H23FN2O2. The molecule has 5 heteroatoms. The average Bonchev–Trinajstić information content (AvgIpc) is 3.44. The van der Waals surface area contributed by atoms with Crippen LogP contribution in [-0.4, -0.2) is 35.1 Å². The smallest absolute Gasteiger partial charge is 0.226 e. The lowest BCUT2D eigenvalue weighted by atomic mass is 9.82. The fourth-order valence-corrected chi connectivity index (χ4v) is 4.72. The van der Waals surface area contributed by atoms with Crippen molar-refractivity contribution in [2.24, 2.45) is 11.8 Å². The summed E-state index contributed by atoms with van der Waals surface area (Å²) in [5.74, 6) is 0.380. The largest absolute Gasteiger partial charge is 0.394 e. The van der Waals surface area contributed by atoms with Gasteiger partial charge >= 0.3 is 0 Å². The molecule has 0 unspecified atom stereocenters. The topological polar surface area (TPSA) is 52.6 Å². The Morgan fingerprint density at radius 1 is 1.15 bits per heavy atom. The van der Waals surface area contributed by atoms with E-state index in [1.54, 1.807) is 6.07 Å². The maximum Gasteiger partial charge on any atom is 0.226 e. The Hall–Kier alpha value is -2.40. The summed E-state index contributed by atoms with van der Waals surface area (Å²) in [6, 6.07) is 12.6. The number of aliphatic hydroxyl groups excluding tert-OH is 1. The lowest BCUT2D eigenvalue weighted by Gasteiger charge is -2.39. The molecule has 1 saturated heterocycles. The van der Waals surface area contributed by atoms with Gasteiger partial charge in [0.1, 0.15) is 5.82 Å². The van der Waals surface area contributed by atoms with E-state index in [1.807, 2.05) is 23.1 Å². The molecule has 0 aromatic heterocycles. The van der Waals surface area contributed by atoms with Gasteiger partial charge in [-0.15, -0.1) is 0 Å². The molecule has 2 aromatic carbocycles. The number of hydrogen-bond donors (Lipinski definition) is 2. The molecule has 2 N–H and O–H groups in total. The highest BCUT2D eigenvalue weighted by Crippen LogP contribution is 2.49. The second-order valence-electron chi connectivity index (χ2n) is 7.95. The van der Waals surface area contributed by atoms with Gasteiger partial charge in [-0.1, -0.05) is 18.2 Å². The van der Waals surface area contributed by atoms with Crippen molar-refractivity contribution >= 4 is 11.6 Å². The third-order valence-electron chi connectivity index (χ3n) is 6.24. The van der Waals surface area contributed by atoms with Crippen molar-refractivity contribution in [3.05, 3.63) is 53.8 Å². The number of rotatable bonds is 3. The molecule has 2 heterocycles. The fourth-order valence-electron chi connectivity index (χ4n) is 4.72. The summed E-state index contributed by atoms with van der Waals surface area (Å²) in [6.45, 7) is 0.796. The molecule has 2 aliphatic heterocycles. The van der Waals surface area contributed by atoms with E-state index in [0.717, 1.165) is 48.2 Å².